The SMILES string of the molecule is Cn1cc(CNCC(=O)N2CCCC(c3cccc(C(=O)N[C@@H](C(=O)N4CCN(CC5CCN(CC(=O)N6CCN(C(=O)c7cc(Cc8n[nH]c(=O)c9ccccc89)ccc7F)CC6)CC5)CC4)C4CCCCC4)c3)C2)cn1. The fraction of sp³-hybridized carbons (Fsp3) is 0.525. The molecule has 0 bridgehead atoms. The number of nitrogens with zero attached hydrogens (tertiary/aromatic N) is 9. The highest BCUT2D eigenvalue weighted by Crippen LogP contribution is 2.31. The number of rotatable bonds is 16. The summed E-state index contributed by atoms with van der Waals surface area (Å²) in [5.41, 5.74) is 3.62. The molecule has 5 amide bonds. The average Bonchev–Trinajstić information content (AvgIpc) is 3.94. The molecule has 4 saturated heterocycles. The summed E-state index contributed by atoms with van der Waals surface area (Å²) < 4.78 is 16.9. The number of halogens is 1. The number of hydrogen-bond donors (Lipinski definition) is 3. The van der Waals surface area contributed by atoms with Crippen LogP contribution in [0.25, 0.3) is 10.8 Å². The van der Waals surface area contributed by atoms with E-state index in [0.29, 0.717) is 105 Å². The molecule has 3 N–H and O–H groups in total. The maximum absolute atomic E-state index is 15.1. The van der Waals surface area contributed by atoms with Gasteiger partial charge in [-0.05, 0) is 105 Å². The Morgan fingerprint density at radius 1 is 0.718 bits per heavy atom. The van der Waals surface area contributed by atoms with E-state index in [4.69, 9.17) is 0 Å². The number of carbonyl (C=O) groups is 5. The van der Waals surface area contributed by atoms with Gasteiger partial charge in [0, 0.05) is 121 Å². The number of H-pyrrole nitrogens is 1. The number of benzene rings is 3. The van der Waals surface area contributed by atoms with Crippen molar-refractivity contribution in [2.24, 2.45) is 18.9 Å². The largest absolute Gasteiger partial charge is 0.341 e. The van der Waals surface area contributed by atoms with E-state index in [1.54, 1.807) is 44.9 Å². The van der Waals surface area contributed by atoms with Gasteiger partial charge in [0.1, 0.15) is 11.9 Å². The number of nitrogens with one attached hydrogen (secondary N) is 3. The molecule has 1 saturated carbocycles. The lowest BCUT2D eigenvalue weighted by Crippen LogP contribution is -2.57. The standard InChI is InChI=1S/C59H75FN12O6/c1-66-37-43(35-62-66)34-61-36-53(73)72-20-8-13-47(39-72)45-11-7-12-46(33-45)56(75)63-55(44-9-3-2-4-10-44)59(78)71-25-23-68(24-26-71)38-41-18-21-67(22-19-41)40-54(74)69-27-29-70(30-28-69)58(77)50-31-42(16-17-51(50)60)32-52-48-14-5-6-15-49(48)57(76)65-64-52/h5-7,11-12,14-17,31,33,35,37,41,44,47,55,61H,2-4,8-10,13,18-30,32,34,36,38-40H2,1H3,(H,63,75)(H,65,76)/t47?,55-/m1/s1. The number of likely N-dealkylation sites (tertiary alicyclic amines) is 2. The molecular formula is C59H75FN12O6. The van der Waals surface area contributed by atoms with Crippen LogP contribution in [0.2, 0.25) is 0 Å². The lowest BCUT2D eigenvalue weighted by Gasteiger charge is -2.41. The third kappa shape index (κ3) is 13.4. The van der Waals surface area contributed by atoms with Gasteiger partial charge in [0.2, 0.25) is 17.7 Å². The number of piperazine rings is 2. The van der Waals surface area contributed by atoms with Crippen LogP contribution in [0.15, 0.2) is 83.9 Å². The maximum Gasteiger partial charge on any atom is 0.272 e. The predicted molar refractivity (Wildman–Crippen MR) is 294 cm³/mol. The van der Waals surface area contributed by atoms with E-state index in [1.807, 2.05) is 53.4 Å². The summed E-state index contributed by atoms with van der Waals surface area (Å²) in [4.78, 5) is 93.2. The second-order valence-corrected chi connectivity index (χ2v) is 22.3. The number of aromatic amines is 1. The van der Waals surface area contributed by atoms with Crippen molar-refractivity contribution in [2.45, 2.75) is 82.7 Å². The lowest BCUT2D eigenvalue weighted by atomic mass is 9.83. The normalized spacial score (nSPS) is 19.7. The number of hydrogen-bond acceptors (Lipinski definition) is 11. The zero-order chi connectivity index (χ0) is 54.1. The number of aryl methyl sites for hydroxylation is 1. The van der Waals surface area contributed by atoms with Gasteiger partial charge in [-0.2, -0.15) is 10.2 Å². The Morgan fingerprint density at radius 2 is 1.46 bits per heavy atom. The van der Waals surface area contributed by atoms with E-state index in [-0.39, 0.29) is 53.1 Å². The number of carbonyl (C=O) groups excluding carboxylic acids is 5. The minimum absolute atomic E-state index is 0.0156. The van der Waals surface area contributed by atoms with E-state index in [0.717, 1.165) is 102 Å². The fourth-order valence-electron chi connectivity index (χ4n) is 12.5. The van der Waals surface area contributed by atoms with Gasteiger partial charge in [-0.25, -0.2) is 9.49 Å². The molecule has 2 atom stereocenters. The Hall–Kier alpha value is -6.83. The predicted octanol–water partition coefficient (Wildman–Crippen LogP) is 4.40. The van der Waals surface area contributed by atoms with Crippen LogP contribution in [0.4, 0.5) is 4.39 Å². The van der Waals surface area contributed by atoms with Crippen LogP contribution in [-0.4, -0.2) is 183 Å². The topological polar surface area (TPSA) is 192 Å². The first-order valence-electron chi connectivity index (χ1n) is 28.3. The first kappa shape index (κ1) is 54.5. The van der Waals surface area contributed by atoms with Gasteiger partial charge in [0.25, 0.3) is 17.4 Å². The van der Waals surface area contributed by atoms with Crippen molar-refractivity contribution in [2.75, 3.05) is 98.2 Å². The smallest absolute Gasteiger partial charge is 0.272 e. The minimum atomic E-state index is -0.607. The van der Waals surface area contributed by atoms with Crippen LogP contribution in [0.3, 0.4) is 0 Å². The Bertz CT molecular complexity index is 2990. The summed E-state index contributed by atoms with van der Waals surface area (Å²) in [7, 11) is 1.87. The number of aromatic nitrogens is 4. The van der Waals surface area contributed by atoms with Crippen LogP contribution in [0.1, 0.15) is 107 Å². The molecule has 18 nitrogen and oxygen atoms in total. The van der Waals surface area contributed by atoms with Crippen LogP contribution in [-0.2, 0) is 34.4 Å². The van der Waals surface area contributed by atoms with Crippen molar-refractivity contribution in [1.29, 1.82) is 0 Å². The summed E-state index contributed by atoms with van der Waals surface area (Å²) in [6.07, 6.45) is 12.9. The molecule has 10 rings (SSSR count). The van der Waals surface area contributed by atoms with Crippen LogP contribution >= 0.6 is 0 Å². The van der Waals surface area contributed by atoms with Gasteiger partial charge in [0.05, 0.1) is 35.9 Å². The third-order valence-electron chi connectivity index (χ3n) is 17.0. The number of amides is 5. The second kappa shape index (κ2) is 25.3. The number of fused-ring (bicyclic) bond motifs is 1. The van der Waals surface area contributed by atoms with Crippen molar-refractivity contribution >= 4 is 40.3 Å². The molecule has 19 heteroatoms. The van der Waals surface area contributed by atoms with Crippen LogP contribution < -0.4 is 16.2 Å². The molecule has 3 aromatic carbocycles. The highest BCUT2D eigenvalue weighted by atomic mass is 19.1. The summed E-state index contributed by atoms with van der Waals surface area (Å²) in [5.74, 6) is -0.433. The van der Waals surface area contributed by atoms with Crippen molar-refractivity contribution in [3.8, 4) is 0 Å². The molecule has 2 aromatic heterocycles. The Balaban J connectivity index is 0.651. The molecule has 6 heterocycles. The molecule has 4 aliphatic heterocycles. The zero-order valence-corrected chi connectivity index (χ0v) is 45.1. The molecule has 1 unspecified atom stereocenters. The Kier molecular flexibility index (Phi) is 17.7. The molecule has 0 spiro atoms. The Labute approximate surface area is 455 Å². The monoisotopic (exact) mass is 1070 g/mol. The minimum Gasteiger partial charge on any atom is -0.341 e. The molecule has 5 aliphatic rings. The van der Waals surface area contributed by atoms with Crippen LogP contribution in [0.5, 0.6) is 0 Å². The molecule has 414 valence electrons. The fourth-order valence-corrected chi connectivity index (χ4v) is 12.5. The molecule has 78 heavy (non-hydrogen) atoms. The van der Waals surface area contributed by atoms with Gasteiger partial charge in [0.15, 0.2) is 0 Å². The van der Waals surface area contributed by atoms with Crippen molar-refractivity contribution in [3.63, 3.8) is 0 Å². The zero-order valence-electron chi connectivity index (χ0n) is 45.1. The van der Waals surface area contributed by atoms with E-state index in [2.05, 4.69) is 41.8 Å². The van der Waals surface area contributed by atoms with Gasteiger partial charge in [-0.3, -0.25) is 43.2 Å². The lowest BCUT2D eigenvalue weighted by molar-refractivity contribution is -0.137. The highest BCUT2D eigenvalue weighted by Gasteiger charge is 2.37. The first-order valence-corrected chi connectivity index (χ1v) is 28.3. The van der Waals surface area contributed by atoms with E-state index < -0.39 is 17.8 Å². The molecule has 5 fully saturated rings. The quantitative estimate of drug-likeness (QED) is 0.127. The van der Waals surface area contributed by atoms with E-state index >= 15 is 4.39 Å². The second-order valence-electron chi connectivity index (χ2n) is 22.3. The summed E-state index contributed by atoms with van der Waals surface area (Å²) in [6, 6.07) is 18.8. The average molecular weight is 1070 g/mol. The highest BCUT2D eigenvalue weighted by molar-refractivity contribution is 5.98. The van der Waals surface area contributed by atoms with Crippen molar-refractivity contribution in [3.05, 3.63) is 129 Å². The van der Waals surface area contributed by atoms with Crippen LogP contribution in [0, 0.1) is 17.7 Å². The van der Waals surface area contributed by atoms with E-state index in [1.165, 1.54) is 6.07 Å². The van der Waals surface area contributed by atoms with Gasteiger partial charge < -0.3 is 30.2 Å². The molecular weight excluding hydrogens is 992 g/mol. The Morgan fingerprint density at radius 3 is 2.22 bits per heavy atom. The van der Waals surface area contributed by atoms with Gasteiger partial charge >= 0.3 is 0 Å². The number of piperidine rings is 2. The van der Waals surface area contributed by atoms with Gasteiger partial charge in [-0.15, -0.1) is 0 Å². The van der Waals surface area contributed by atoms with E-state index in [9.17, 15) is 28.8 Å². The van der Waals surface area contributed by atoms with Crippen molar-refractivity contribution < 1.29 is 28.4 Å². The van der Waals surface area contributed by atoms with Crippen molar-refractivity contribution in [1.82, 2.24) is 60.0 Å². The summed E-state index contributed by atoms with van der Waals surface area (Å²) >= 11 is 0. The molecule has 0 radical (unpaired) electrons. The molecule has 5 aromatic rings. The maximum atomic E-state index is 15.1. The summed E-state index contributed by atoms with van der Waals surface area (Å²) in [5, 5.41) is 18.7. The van der Waals surface area contributed by atoms with Gasteiger partial charge in [-0.1, -0.05) is 55.7 Å². The molecule has 1 aliphatic carbocycles. The first-order chi connectivity index (χ1) is 37.9. The summed E-state index contributed by atoms with van der Waals surface area (Å²) in [6.45, 7) is 9.22. The third-order valence-corrected chi connectivity index (χ3v) is 17.0.